The molecule has 7 nitrogen and oxygen atoms in total. The van der Waals surface area contributed by atoms with Crippen molar-refractivity contribution >= 4 is 22.8 Å². The van der Waals surface area contributed by atoms with Gasteiger partial charge in [-0.15, -0.1) is 0 Å². The summed E-state index contributed by atoms with van der Waals surface area (Å²) in [5.74, 6) is 0.933. The molecule has 0 aliphatic carbocycles. The van der Waals surface area contributed by atoms with Crippen molar-refractivity contribution < 1.29 is 4.79 Å². The molecule has 1 amide bonds. The van der Waals surface area contributed by atoms with Crippen molar-refractivity contribution in [2.75, 3.05) is 5.32 Å². The van der Waals surface area contributed by atoms with E-state index in [1.807, 2.05) is 26.8 Å². The highest BCUT2D eigenvalue weighted by molar-refractivity contribution is 5.90. The summed E-state index contributed by atoms with van der Waals surface area (Å²) in [4.78, 5) is 37.3. The van der Waals surface area contributed by atoms with Crippen LogP contribution in [0.1, 0.15) is 31.3 Å². The summed E-state index contributed by atoms with van der Waals surface area (Å²) in [5, 5.41) is 2.75. The lowest BCUT2D eigenvalue weighted by atomic mass is 10.2. The summed E-state index contributed by atoms with van der Waals surface area (Å²) in [6.07, 6.45) is 1.22. The number of anilines is 1. The zero-order chi connectivity index (χ0) is 18.0. The van der Waals surface area contributed by atoms with Crippen LogP contribution >= 0.6 is 0 Å². The molecule has 1 N–H and O–H groups in total. The minimum Gasteiger partial charge on any atom is -0.309 e. The first-order chi connectivity index (χ1) is 11.9. The molecule has 0 bridgehead atoms. The van der Waals surface area contributed by atoms with E-state index in [9.17, 15) is 9.59 Å². The molecule has 0 fully saturated rings. The smallest absolute Gasteiger partial charge is 0.269 e. The number of nitrogens with one attached hydrogen (secondary N) is 1. The van der Waals surface area contributed by atoms with Gasteiger partial charge in [-0.1, -0.05) is 26.0 Å². The Balaban J connectivity index is 1.87. The zero-order valence-corrected chi connectivity index (χ0v) is 14.4. The maximum Gasteiger partial charge on any atom is 0.269 e. The van der Waals surface area contributed by atoms with Crippen LogP contribution in [0.3, 0.4) is 0 Å². The van der Waals surface area contributed by atoms with Crippen molar-refractivity contribution in [1.29, 1.82) is 0 Å². The van der Waals surface area contributed by atoms with Crippen LogP contribution in [0.15, 0.2) is 41.3 Å². The molecule has 1 aromatic carbocycles. The minimum absolute atomic E-state index is 0.109. The van der Waals surface area contributed by atoms with Crippen LogP contribution in [0, 0.1) is 6.92 Å². The average Bonchev–Trinajstić information content (AvgIpc) is 2.57. The quantitative estimate of drug-likeness (QED) is 0.789. The summed E-state index contributed by atoms with van der Waals surface area (Å²) in [5.41, 5.74) is 1.73. The number of carbonyl (C=O) groups is 1. The van der Waals surface area contributed by atoms with Crippen LogP contribution in [0.2, 0.25) is 0 Å². The molecule has 0 atom stereocenters. The molecule has 2 heterocycles. The van der Waals surface area contributed by atoms with Gasteiger partial charge in [0.15, 0.2) is 0 Å². The Hall–Kier alpha value is -3.09. The van der Waals surface area contributed by atoms with E-state index in [0.29, 0.717) is 22.7 Å². The first-order valence-corrected chi connectivity index (χ1v) is 8.04. The van der Waals surface area contributed by atoms with Gasteiger partial charge in [0.2, 0.25) is 5.91 Å². The van der Waals surface area contributed by atoms with E-state index in [2.05, 4.69) is 20.3 Å². The molecule has 0 spiro atoms. The van der Waals surface area contributed by atoms with Crippen LogP contribution in [-0.4, -0.2) is 25.4 Å². The van der Waals surface area contributed by atoms with Gasteiger partial charge in [-0.05, 0) is 19.1 Å². The number of fused-ring (bicyclic) bond motifs is 1. The normalized spacial score (nSPS) is 11.0. The highest BCUT2D eigenvalue weighted by atomic mass is 16.2. The maximum absolute atomic E-state index is 12.4. The predicted molar refractivity (Wildman–Crippen MR) is 95.5 cm³/mol. The van der Waals surface area contributed by atoms with E-state index in [4.69, 9.17) is 0 Å². The molecule has 0 saturated carbocycles. The van der Waals surface area contributed by atoms with Crippen molar-refractivity contribution in [2.24, 2.45) is 0 Å². The van der Waals surface area contributed by atoms with E-state index in [0.717, 1.165) is 5.69 Å². The molecule has 2 aromatic heterocycles. The van der Waals surface area contributed by atoms with Gasteiger partial charge in [0.05, 0.1) is 17.2 Å². The number of benzene rings is 1. The highest BCUT2D eigenvalue weighted by Crippen LogP contribution is 2.14. The summed E-state index contributed by atoms with van der Waals surface area (Å²) in [6.45, 7) is 5.72. The Morgan fingerprint density at radius 3 is 2.76 bits per heavy atom. The lowest BCUT2D eigenvalue weighted by Crippen LogP contribution is -2.28. The molecule has 25 heavy (non-hydrogen) atoms. The molecule has 0 saturated heterocycles. The molecular formula is C18H19N5O2. The van der Waals surface area contributed by atoms with Crippen LogP contribution in [0.5, 0.6) is 0 Å². The molecule has 0 unspecified atom stereocenters. The lowest BCUT2D eigenvalue weighted by molar-refractivity contribution is -0.116. The number of aromatic nitrogens is 4. The number of hydrogen-bond donors (Lipinski definition) is 1. The third kappa shape index (κ3) is 3.71. The van der Waals surface area contributed by atoms with Gasteiger partial charge in [0.25, 0.3) is 5.56 Å². The molecule has 0 radical (unpaired) electrons. The van der Waals surface area contributed by atoms with Gasteiger partial charge in [-0.25, -0.2) is 15.0 Å². The van der Waals surface area contributed by atoms with E-state index >= 15 is 0 Å². The summed E-state index contributed by atoms with van der Waals surface area (Å²) < 4.78 is 1.40. The molecule has 0 aliphatic rings. The first-order valence-electron chi connectivity index (χ1n) is 8.04. The van der Waals surface area contributed by atoms with E-state index in [1.54, 1.807) is 24.3 Å². The van der Waals surface area contributed by atoms with Crippen molar-refractivity contribution in [3.8, 4) is 0 Å². The van der Waals surface area contributed by atoms with Gasteiger partial charge in [0, 0.05) is 17.7 Å². The monoisotopic (exact) mass is 337 g/mol. The second-order valence-corrected chi connectivity index (χ2v) is 6.13. The van der Waals surface area contributed by atoms with E-state index in [-0.39, 0.29) is 23.9 Å². The third-order valence-corrected chi connectivity index (χ3v) is 3.71. The second-order valence-electron chi connectivity index (χ2n) is 6.13. The largest absolute Gasteiger partial charge is 0.309 e. The fourth-order valence-electron chi connectivity index (χ4n) is 2.52. The van der Waals surface area contributed by atoms with E-state index in [1.165, 1.54) is 10.8 Å². The van der Waals surface area contributed by atoms with Crippen molar-refractivity contribution in [3.05, 3.63) is 58.4 Å². The number of carbonyl (C=O) groups excluding carboxylic acids is 1. The molecule has 128 valence electrons. The number of rotatable bonds is 4. The number of para-hydroxylation sites is 2. The Bertz CT molecular complexity index is 994. The van der Waals surface area contributed by atoms with Gasteiger partial charge in [-0.2, -0.15) is 0 Å². The number of amides is 1. The molecule has 3 aromatic rings. The Morgan fingerprint density at radius 1 is 1.24 bits per heavy atom. The van der Waals surface area contributed by atoms with Crippen LogP contribution in [0.25, 0.3) is 11.0 Å². The lowest BCUT2D eigenvalue weighted by Gasteiger charge is -2.11. The topological polar surface area (TPSA) is 89.8 Å². The van der Waals surface area contributed by atoms with Gasteiger partial charge in [-0.3, -0.25) is 14.2 Å². The highest BCUT2D eigenvalue weighted by Gasteiger charge is 2.12. The average molecular weight is 337 g/mol. The number of nitrogens with zero attached hydrogens (tertiary/aromatic N) is 4. The van der Waals surface area contributed by atoms with Crippen LogP contribution in [-0.2, 0) is 11.3 Å². The SMILES string of the molecule is Cc1cc(NC(=O)Cn2c(=O)cnc3ccccc32)nc(C(C)C)n1. The molecule has 7 heteroatoms. The predicted octanol–water partition coefficient (Wildman–Crippen LogP) is 2.26. The molecule has 0 aliphatic heterocycles. The Labute approximate surface area is 144 Å². The second kappa shape index (κ2) is 6.80. The van der Waals surface area contributed by atoms with E-state index < -0.39 is 0 Å². The zero-order valence-electron chi connectivity index (χ0n) is 14.4. The van der Waals surface area contributed by atoms with Crippen LogP contribution < -0.4 is 10.9 Å². The van der Waals surface area contributed by atoms with Gasteiger partial charge < -0.3 is 5.32 Å². The van der Waals surface area contributed by atoms with Crippen molar-refractivity contribution in [2.45, 2.75) is 33.2 Å². The van der Waals surface area contributed by atoms with Crippen molar-refractivity contribution in [3.63, 3.8) is 0 Å². The maximum atomic E-state index is 12.4. The standard InChI is InChI=1S/C18H19N5O2/c1-11(2)18-20-12(3)8-15(22-18)21-16(24)10-23-14-7-5-4-6-13(14)19-9-17(23)25/h4-9,11H,10H2,1-3H3,(H,20,21,22,24). The van der Waals surface area contributed by atoms with Crippen LogP contribution in [0.4, 0.5) is 5.82 Å². The summed E-state index contributed by atoms with van der Waals surface area (Å²) in [7, 11) is 0. The third-order valence-electron chi connectivity index (χ3n) is 3.71. The fourth-order valence-corrected chi connectivity index (χ4v) is 2.52. The number of hydrogen-bond acceptors (Lipinski definition) is 5. The number of aryl methyl sites for hydroxylation is 1. The van der Waals surface area contributed by atoms with Gasteiger partial charge in [0.1, 0.15) is 18.2 Å². The summed E-state index contributed by atoms with van der Waals surface area (Å²) in [6, 6.07) is 8.91. The Kier molecular flexibility index (Phi) is 4.56. The van der Waals surface area contributed by atoms with Crippen molar-refractivity contribution in [1.82, 2.24) is 19.5 Å². The molecular weight excluding hydrogens is 318 g/mol. The minimum atomic E-state index is -0.328. The fraction of sp³-hybridized carbons (Fsp3) is 0.278. The Morgan fingerprint density at radius 2 is 2.00 bits per heavy atom. The molecule has 3 rings (SSSR count). The summed E-state index contributed by atoms with van der Waals surface area (Å²) >= 11 is 0. The first kappa shape index (κ1) is 16.8. The van der Waals surface area contributed by atoms with Gasteiger partial charge >= 0.3 is 0 Å².